The van der Waals surface area contributed by atoms with Crippen molar-refractivity contribution in [1.29, 1.82) is 0 Å². The molecule has 4 rings (SSSR count). The van der Waals surface area contributed by atoms with Crippen LogP contribution >= 0.6 is 0 Å². The van der Waals surface area contributed by atoms with Gasteiger partial charge in [-0.15, -0.1) is 0 Å². The fraction of sp³-hybridized carbons (Fsp3) is 0.143. The minimum atomic E-state index is -0.427. The van der Waals surface area contributed by atoms with E-state index in [-0.39, 0.29) is 5.56 Å². The minimum Gasteiger partial charge on any atom is -0.298 e. The van der Waals surface area contributed by atoms with Gasteiger partial charge in [-0.1, -0.05) is 12.1 Å². The third-order valence-electron chi connectivity index (χ3n) is 4.53. The molecule has 6 heteroatoms. The van der Waals surface area contributed by atoms with Gasteiger partial charge in [-0.3, -0.25) is 9.78 Å². The zero-order chi connectivity index (χ0) is 19.0. The molecule has 1 aromatic carbocycles. The average molecular weight is 360 g/mol. The lowest BCUT2D eigenvalue weighted by Crippen LogP contribution is -2.03. The molecule has 0 saturated heterocycles. The van der Waals surface area contributed by atoms with Crippen molar-refractivity contribution in [2.24, 2.45) is 0 Å². The molecular weight excluding hydrogens is 343 g/mol. The van der Waals surface area contributed by atoms with Crippen LogP contribution in [0.15, 0.2) is 48.9 Å². The molecule has 0 saturated carbocycles. The van der Waals surface area contributed by atoms with Gasteiger partial charge in [0.25, 0.3) is 0 Å². The van der Waals surface area contributed by atoms with Gasteiger partial charge in [0.1, 0.15) is 5.82 Å². The van der Waals surface area contributed by atoms with E-state index < -0.39 is 5.82 Å². The number of aromatic nitrogens is 4. The maximum atomic E-state index is 14.5. The second-order valence-corrected chi connectivity index (χ2v) is 6.30. The number of benzene rings is 1. The average Bonchev–Trinajstić information content (AvgIpc) is 3.09. The highest BCUT2D eigenvalue weighted by Gasteiger charge is 2.22. The summed E-state index contributed by atoms with van der Waals surface area (Å²) < 4.78 is 16.2. The molecule has 0 aliphatic carbocycles. The predicted octanol–water partition coefficient (Wildman–Crippen LogP) is 4.44. The summed E-state index contributed by atoms with van der Waals surface area (Å²) in [5, 5.41) is 5.12. The summed E-state index contributed by atoms with van der Waals surface area (Å²) in [6.45, 7) is 4.50. The molecule has 0 aliphatic rings. The van der Waals surface area contributed by atoms with Crippen LogP contribution in [0.4, 0.5) is 4.39 Å². The fourth-order valence-corrected chi connectivity index (χ4v) is 3.31. The Hall–Kier alpha value is -3.41. The lowest BCUT2D eigenvalue weighted by Gasteiger charge is -2.13. The summed E-state index contributed by atoms with van der Waals surface area (Å²) >= 11 is 0. The molecule has 27 heavy (non-hydrogen) atoms. The lowest BCUT2D eigenvalue weighted by molar-refractivity contribution is 0.112. The predicted molar refractivity (Wildman–Crippen MR) is 102 cm³/mol. The number of halogens is 1. The van der Waals surface area contributed by atoms with Crippen LogP contribution in [-0.4, -0.2) is 26.0 Å². The number of carbonyl (C=O) groups excluding carboxylic acids is 1. The second kappa shape index (κ2) is 6.72. The summed E-state index contributed by atoms with van der Waals surface area (Å²) in [4.78, 5) is 21.0. The van der Waals surface area contributed by atoms with E-state index in [1.807, 2.05) is 19.9 Å². The third-order valence-corrected chi connectivity index (χ3v) is 4.53. The number of carbonyl (C=O) groups is 1. The minimum absolute atomic E-state index is 0.284. The molecule has 5 nitrogen and oxygen atoms in total. The van der Waals surface area contributed by atoms with Crippen molar-refractivity contribution in [2.45, 2.75) is 20.4 Å². The molecule has 0 fully saturated rings. The summed E-state index contributed by atoms with van der Waals surface area (Å²) in [7, 11) is 0. The molecule has 4 aromatic rings. The molecule has 3 heterocycles. The van der Waals surface area contributed by atoms with Crippen LogP contribution in [-0.2, 0) is 6.54 Å². The van der Waals surface area contributed by atoms with Crippen molar-refractivity contribution < 1.29 is 9.18 Å². The molecule has 0 N–H and O–H groups in total. The van der Waals surface area contributed by atoms with Crippen molar-refractivity contribution >= 4 is 17.3 Å². The summed E-state index contributed by atoms with van der Waals surface area (Å²) in [5.41, 5.74) is 3.94. The number of rotatable bonds is 4. The van der Waals surface area contributed by atoms with Gasteiger partial charge in [-0.25, -0.2) is 14.1 Å². The normalized spacial score (nSPS) is 11.1. The Morgan fingerprint density at radius 1 is 1.19 bits per heavy atom. The zero-order valence-corrected chi connectivity index (χ0v) is 15.0. The van der Waals surface area contributed by atoms with Gasteiger partial charge in [-0.2, -0.15) is 5.10 Å². The molecule has 0 atom stereocenters. The van der Waals surface area contributed by atoms with Gasteiger partial charge in [0.05, 0.1) is 11.9 Å². The van der Waals surface area contributed by atoms with Crippen molar-refractivity contribution in [3.05, 3.63) is 65.9 Å². The monoisotopic (exact) mass is 360 g/mol. The number of aryl methyl sites for hydroxylation is 2. The number of nitrogens with zero attached hydrogens (tertiary/aromatic N) is 4. The zero-order valence-electron chi connectivity index (χ0n) is 15.0. The van der Waals surface area contributed by atoms with E-state index in [1.54, 1.807) is 41.5 Å². The molecule has 134 valence electrons. The van der Waals surface area contributed by atoms with Crippen molar-refractivity contribution in [1.82, 2.24) is 19.7 Å². The van der Waals surface area contributed by atoms with E-state index in [2.05, 4.69) is 15.1 Å². The second-order valence-electron chi connectivity index (χ2n) is 6.30. The molecule has 0 bridgehead atoms. The van der Waals surface area contributed by atoms with E-state index in [1.165, 1.54) is 6.07 Å². The SMILES string of the molecule is CCn1ncc2c(-c3cncc(C)c3)c(C=O)c(-c3ccccc3F)nc21. The van der Waals surface area contributed by atoms with Gasteiger partial charge >= 0.3 is 0 Å². The van der Waals surface area contributed by atoms with E-state index in [0.29, 0.717) is 29.0 Å². The van der Waals surface area contributed by atoms with Gasteiger partial charge in [0.15, 0.2) is 11.9 Å². The van der Waals surface area contributed by atoms with Crippen molar-refractivity contribution in [2.75, 3.05) is 0 Å². The van der Waals surface area contributed by atoms with Crippen LogP contribution in [0.5, 0.6) is 0 Å². The Kier molecular flexibility index (Phi) is 4.24. The van der Waals surface area contributed by atoms with Crippen molar-refractivity contribution in [3.63, 3.8) is 0 Å². The highest BCUT2D eigenvalue weighted by Crippen LogP contribution is 2.36. The number of fused-ring (bicyclic) bond motifs is 1. The Balaban J connectivity index is 2.16. The highest BCUT2D eigenvalue weighted by molar-refractivity contribution is 6.06. The number of hydrogen-bond acceptors (Lipinski definition) is 4. The molecule has 3 aromatic heterocycles. The Bertz CT molecular complexity index is 1170. The molecule has 0 radical (unpaired) electrons. The first-order valence-electron chi connectivity index (χ1n) is 8.65. The first kappa shape index (κ1) is 17.0. The Labute approximate surface area is 155 Å². The maximum Gasteiger partial charge on any atom is 0.159 e. The van der Waals surface area contributed by atoms with Crippen LogP contribution in [0.25, 0.3) is 33.4 Å². The lowest BCUT2D eigenvalue weighted by atomic mass is 9.94. The summed E-state index contributed by atoms with van der Waals surface area (Å²) in [6, 6.07) is 8.27. The van der Waals surface area contributed by atoms with E-state index in [4.69, 9.17) is 0 Å². The van der Waals surface area contributed by atoms with E-state index >= 15 is 0 Å². The van der Waals surface area contributed by atoms with Crippen molar-refractivity contribution in [3.8, 4) is 22.4 Å². The Morgan fingerprint density at radius 3 is 2.70 bits per heavy atom. The van der Waals surface area contributed by atoms with E-state index in [9.17, 15) is 9.18 Å². The van der Waals surface area contributed by atoms with Gasteiger partial charge in [0, 0.05) is 46.6 Å². The molecule has 0 aliphatic heterocycles. The topological polar surface area (TPSA) is 60.7 Å². The van der Waals surface area contributed by atoms with Gasteiger partial charge in [0.2, 0.25) is 0 Å². The van der Waals surface area contributed by atoms with Gasteiger partial charge in [-0.05, 0) is 37.6 Å². The third kappa shape index (κ3) is 2.79. The molecule has 0 unspecified atom stereocenters. The van der Waals surface area contributed by atoms with Crippen LogP contribution in [0.3, 0.4) is 0 Å². The smallest absolute Gasteiger partial charge is 0.159 e. The number of pyridine rings is 2. The standard InChI is InChI=1S/C21H17FN4O/c1-3-26-21-16(11-24-26)19(14-8-13(2)9-23-10-14)17(12-27)20(25-21)15-6-4-5-7-18(15)22/h4-12H,3H2,1-2H3. The largest absolute Gasteiger partial charge is 0.298 e. The Morgan fingerprint density at radius 2 is 2.00 bits per heavy atom. The summed E-state index contributed by atoms with van der Waals surface area (Å²) in [6.07, 6.45) is 5.87. The summed E-state index contributed by atoms with van der Waals surface area (Å²) in [5.74, 6) is -0.427. The van der Waals surface area contributed by atoms with Crippen LogP contribution in [0.1, 0.15) is 22.8 Å². The number of hydrogen-bond donors (Lipinski definition) is 0. The molecule has 0 spiro atoms. The van der Waals surface area contributed by atoms with Crippen LogP contribution in [0, 0.1) is 12.7 Å². The van der Waals surface area contributed by atoms with Crippen LogP contribution < -0.4 is 0 Å². The van der Waals surface area contributed by atoms with E-state index in [0.717, 1.165) is 22.8 Å². The maximum absolute atomic E-state index is 14.5. The molecule has 0 amide bonds. The first-order valence-corrected chi connectivity index (χ1v) is 8.65. The number of aldehydes is 1. The van der Waals surface area contributed by atoms with Gasteiger partial charge < -0.3 is 0 Å². The highest BCUT2D eigenvalue weighted by atomic mass is 19.1. The molecular formula is C21H17FN4O. The van der Waals surface area contributed by atoms with Crippen LogP contribution in [0.2, 0.25) is 0 Å². The first-order chi connectivity index (χ1) is 13.1. The fourth-order valence-electron chi connectivity index (χ4n) is 3.31. The quantitative estimate of drug-likeness (QED) is 0.505.